The zero-order valence-corrected chi connectivity index (χ0v) is 30.2. The summed E-state index contributed by atoms with van der Waals surface area (Å²) in [6.07, 6.45) is -3.01. The fraction of sp³-hybridized carbons (Fsp3) is 0.727. The number of hydrogen-bond donors (Lipinski definition) is 0. The predicted octanol–water partition coefficient (Wildman–Crippen LogP) is 6.86. The van der Waals surface area contributed by atoms with Crippen molar-refractivity contribution < 1.29 is 45.7 Å². The normalized spacial score (nSPS) is 19.3. The molecule has 1 aromatic carbocycles. The number of methoxy groups -OCH3 is 1. The number of nitrogens with zero attached hydrogens (tertiary/aromatic N) is 5. The molecule has 1 amide bonds. The molecule has 0 bridgehead atoms. The Morgan fingerprint density at radius 3 is 2.27 bits per heavy atom. The zero-order chi connectivity index (χ0) is 35.8. The molecule has 2 aromatic rings. The Bertz CT molecular complexity index is 1480. The van der Waals surface area contributed by atoms with E-state index in [9.17, 15) is 26.7 Å². The summed E-state index contributed by atoms with van der Waals surface area (Å²) in [4.78, 5) is 28.0. The number of carbonyl (C=O) groups excluding carboxylic acids is 1. The fourth-order valence-corrected chi connectivity index (χ4v) is 7.20. The van der Waals surface area contributed by atoms with Gasteiger partial charge in [0, 0.05) is 63.7 Å². The second kappa shape index (κ2) is 14.5. The van der Waals surface area contributed by atoms with Crippen LogP contribution in [0.1, 0.15) is 58.9 Å². The van der Waals surface area contributed by atoms with Crippen LogP contribution in [0.4, 0.5) is 32.6 Å². The molecule has 3 aliphatic rings. The van der Waals surface area contributed by atoms with Gasteiger partial charge in [-0.15, -0.1) is 0 Å². The molecule has 0 saturated carbocycles. The molecule has 49 heavy (non-hydrogen) atoms. The number of aromatic nitrogens is 2. The van der Waals surface area contributed by atoms with Crippen molar-refractivity contribution in [2.75, 3.05) is 71.0 Å². The van der Waals surface area contributed by atoms with E-state index in [2.05, 4.69) is 30.7 Å². The third kappa shape index (κ3) is 8.61. The van der Waals surface area contributed by atoms with Crippen molar-refractivity contribution in [3.63, 3.8) is 0 Å². The molecule has 274 valence electrons. The van der Waals surface area contributed by atoms with Crippen LogP contribution >= 0.6 is 15.9 Å². The molecular formula is C33H45BrF5N5O5. The smallest absolute Gasteiger partial charge is 0.456 e. The average Bonchev–Trinajstić information content (AvgIpc) is 3.01. The van der Waals surface area contributed by atoms with Gasteiger partial charge in [-0.05, 0) is 80.4 Å². The maximum Gasteiger partial charge on any atom is 0.456 e. The van der Waals surface area contributed by atoms with Gasteiger partial charge in [-0.2, -0.15) is 31.9 Å². The van der Waals surface area contributed by atoms with Gasteiger partial charge in [0.05, 0.1) is 11.1 Å². The van der Waals surface area contributed by atoms with Crippen molar-refractivity contribution >= 4 is 38.7 Å². The molecule has 0 aliphatic carbocycles. The number of aryl methyl sites for hydroxylation is 1. The van der Waals surface area contributed by atoms with Crippen LogP contribution in [-0.2, 0) is 15.9 Å². The minimum atomic E-state index is -5.78. The van der Waals surface area contributed by atoms with E-state index in [0.29, 0.717) is 68.8 Å². The van der Waals surface area contributed by atoms with Gasteiger partial charge in [-0.1, -0.05) is 6.92 Å². The minimum Gasteiger partial charge on any atom is -0.483 e. The molecule has 4 heterocycles. The summed E-state index contributed by atoms with van der Waals surface area (Å²) in [6.45, 7) is 10.7. The summed E-state index contributed by atoms with van der Waals surface area (Å²) in [5, 5.41) is 0.465. The highest BCUT2D eigenvalue weighted by atomic mass is 79.9. The van der Waals surface area contributed by atoms with Gasteiger partial charge in [0.1, 0.15) is 23.0 Å². The molecule has 1 aromatic heterocycles. The fourth-order valence-electron chi connectivity index (χ4n) is 6.51. The summed E-state index contributed by atoms with van der Waals surface area (Å²) in [7, 11) is 1.65. The van der Waals surface area contributed by atoms with Crippen molar-refractivity contribution in [2.45, 2.75) is 83.6 Å². The second-order valence-electron chi connectivity index (χ2n) is 14.2. The summed E-state index contributed by atoms with van der Waals surface area (Å²) >= 11 is 3.39. The number of rotatable bonds is 10. The van der Waals surface area contributed by atoms with Crippen LogP contribution in [0.5, 0.6) is 11.8 Å². The quantitative estimate of drug-likeness (QED) is 0.241. The molecule has 0 unspecified atom stereocenters. The molecule has 3 aliphatic heterocycles. The van der Waals surface area contributed by atoms with Crippen LogP contribution in [0, 0.1) is 5.41 Å². The molecule has 3 saturated heterocycles. The van der Waals surface area contributed by atoms with E-state index in [-0.39, 0.29) is 39.4 Å². The monoisotopic (exact) mass is 765 g/mol. The van der Waals surface area contributed by atoms with Crippen LogP contribution < -0.4 is 14.4 Å². The number of anilines is 1. The molecule has 5 rings (SSSR count). The molecule has 0 N–H and O–H groups in total. The number of piperidine rings is 2. The van der Waals surface area contributed by atoms with Crippen LogP contribution in [-0.4, -0.2) is 116 Å². The lowest BCUT2D eigenvalue weighted by atomic mass is 9.72. The SMILES string of the molecule is CCc1cc2c(N3CCC4(CC3)CN(C(=O)OC(C)(C)C)C4)nc(OC3CCN(CCOC)CC3)nc2c(OCC(F)(F)C(F)(F)F)c1Br. The van der Waals surface area contributed by atoms with Gasteiger partial charge in [0.25, 0.3) is 0 Å². The van der Waals surface area contributed by atoms with E-state index >= 15 is 0 Å². The zero-order valence-electron chi connectivity index (χ0n) is 28.6. The number of fused-ring (bicyclic) bond motifs is 1. The lowest BCUT2D eigenvalue weighted by molar-refractivity contribution is -0.289. The van der Waals surface area contributed by atoms with Gasteiger partial charge in [-0.3, -0.25) is 0 Å². The molecule has 16 heteroatoms. The third-order valence-corrected chi connectivity index (χ3v) is 10.2. The van der Waals surface area contributed by atoms with E-state index in [1.54, 1.807) is 12.0 Å². The summed E-state index contributed by atoms with van der Waals surface area (Å²) < 4.78 is 90.1. The van der Waals surface area contributed by atoms with Crippen LogP contribution in [0.2, 0.25) is 0 Å². The van der Waals surface area contributed by atoms with Crippen molar-refractivity contribution in [1.82, 2.24) is 19.8 Å². The van der Waals surface area contributed by atoms with E-state index in [0.717, 1.165) is 32.5 Å². The molecule has 0 radical (unpaired) electrons. The number of alkyl halides is 5. The number of halogens is 6. The molecule has 3 fully saturated rings. The lowest BCUT2D eigenvalue weighted by Gasteiger charge is -2.53. The van der Waals surface area contributed by atoms with Gasteiger partial charge in [0.2, 0.25) is 0 Å². The topological polar surface area (TPSA) is 89.5 Å². The number of benzene rings is 1. The number of amides is 1. The van der Waals surface area contributed by atoms with E-state index in [1.165, 1.54) is 0 Å². The number of carbonyl (C=O) groups is 1. The number of likely N-dealkylation sites (tertiary alicyclic amines) is 2. The second-order valence-corrected chi connectivity index (χ2v) is 15.0. The van der Waals surface area contributed by atoms with Crippen molar-refractivity contribution in [1.29, 1.82) is 0 Å². The van der Waals surface area contributed by atoms with Gasteiger partial charge < -0.3 is 33.6 Å². The highest BCUT2D eigenvalue weighted by molar-refractivity contribution is 9.10. The van der Waals surface area contributed by atoms with E-state index in [1.807, 2.05) is 33.8 Å². The minimum absolute atomic E-state index is 0.00135. The van der Waals surface area contributed by atoms with Crippen molar-refractivity contribution in [3.8, 4) is 11.8 Å². The van der Waals surface area contributed by atoms with E-state index < -0.39 is 24.3 Å². The predicted molar refractivity (Wildman–Crippen MR) is 177 cm³/mol. The first-order valence-corrected chi connectivity index (χ1v) is 17.4. The third-order valence-electron chi connectivity index (χ3n) is 9.36. The first kappa shape index (κ1) is 37.5. The van der Waals surface area contributed by atoms with Crippen LogP contribution in [0.25, 0.3) is 10.9 Å². The molecule has 0 atom stereocenters. The first-order valence-electron chi connectivity index (χ1n) is 16.7. The Labute approximate surface area is 291 Å². The van der Waals surface area contributed by atoms with Crippen molar-refractivity contribution in [3.05, 3.63) is 16.1 Å². The van der Waals surface area contributed by atoms with Gasteiger partial charge >= 0.3 is 24.2 Å². The first-order chi connectivity index (χ1) is 22.9. The van der Waals surface area contributed by atoms with Crippen molar-refractivity contribution in [2.24, 2.45) is 5.41 Å². The molecular weight excluding hydrogens is 721 g/mol. The Kier molecular flexibility index (Phi) is 11.1. The van der Waals surface area contributed by atoms with Gasteiger partial charge in [0.15, 0.2) is 12.4 Å². The highest BCUT2D eigenvalue weighted by Gasteiger charge is 2.58. The standard InChI is InChI=1S/C33H45BrF5N5O5/c1-6-21-17-23-25(26(24(21)34)47-20-32(35,36)33(37,38)39)40-28(48-22-7-11-42(12-8-22)15-16-46-5)41-27(23)43-13-9-31(10-14-43)18-44(19-31)29(45)49-30(2,3)4/h17,22H,6-16,18-20H2,1-5H3. The van der Waals surface area contributed by atoms with Gasteiger partial charge in [-0.25, -0.2) is 4.79 Å². The maximum absolute atomic E-state index is 14.1. The maximum atomic E-state index is 14.1. The summed E-state index contributed by atoms with van der Waals surface area (Å²) in [5.41, 5.74) is 0.0664. The Hall–Kier alpha value is -2.72. The Balaban J connectivity index is 1.44. The Morgan fingerprint density at radius 1 is 1.04 bits per heavy atom. The van der Waals surface area contributed by atoms with Crippen LogP contribution in [0.15, 0.2) is 10.5 Å². The average molecular weight is 767 g/mol. The Morgan fingerprint density at radius 2 is 1.69 bits per heavy atom. The number of ether oxygens (including phenoxy) is 4. The van der Waals surface area contributed by atoms with Crippen LogP contribution in [0.3, 0.4) is 0 Å². The van der Waals surface area contributed by atoms with E-state index in [4.69, 9.17) is 23.9 Å². The highest BCUT2D eigenvalue weighted by Crippen LogP contribution is 2.46. The largest absolute Gasteiger partial charge is 0.483 e. The summed E-state index contributed by atoms with van der Waals surface area (Å²) in [6, 6.07) is 1.82. The molecule has 1 spiro atoms. The lowest BCUT2D eigenvalue weighted by Crippen LogP contribution is -2.62. The number of hydrogen-bond acceptors (Lipinski definition) is 9. The summed E-state index contributed by atoms with van der Waals surface area (Å²) in [5.74, 6) is -4.81. The molecule has 10 nitrogen and oxygen atoms in total.